The second-order valence-corrected chi connectivity index (χ2v) is 7.90. The molecule has 0 fully saturated rings. The number of ether oxygens (including phenoxy) is 1. The number of aromatic hydroxyl groups is 1. The highest BCUT2D eigenvalue weighted by atomic mass is 19.1. The van der Waals surface area contributed by atoms with E-state index in [9.17, 15) is 14.3 Å². The number of aryl methyl sites for hydroxylation is 2. The Morgan fingerprint density at radius 1 is 0.970 bits per heavy atom. The molecule has 168 valence electrons. The normalized spacial score (nSPS) is 10.9. The van der Waals surface area contributed by atoms with Crippen LogP contribution in [0.2, 0.25) is 0 Å². The Bertz CT molecular complexity index is 1350. The third-order valence-corrected chi connectivity index (χ3v) is 5.62. The first kappa shape index (κ1) is 22.3. The smallest absolute Gasteiger partial charge is 0.270 e. The fraction of sp³-hybridized carbons (Fsp3) is 0.185. The van der Waals surface area contributed by atoms with Gasteiger partial charge in [0.1, 0.15) is 17.3 Å². The molecule has 0 atom stereocenters. The minimum Gasteiger partial charge on any atom is -0.507 e. The monoisotopic (exact) mass is 444 g/mol. The number of phenolic OH excluding ortho intramolecular Hbond substituents is 1. The summed E-state index contributed by atoms with van der Waals surface area (Å²) in [5.74, 6) is 0.476. The molecule has 0 aliphatic rings. The molecule has 0 unspecified atom stereocenters. The summed E-state index contributed by atoms with van der Waals surface area (Å²) in [6.07, 6.45) is 0.865. The zero-order chi connectivity index (χ0) is 23.4. The predicted molar refractivity (Wildman–Crippen MR) is 126 cm³/mol. The van der Waals surface area contributed by atoms with Crippen LogP contribution in [0.3, 0.4) is 0 Å². The van der Waals surface area contributed by atoms with E-state index < -0.39 is 0 Å². The molecule has 0 saturated carbocycles. The van der Waals surface area contributed by atoms with Gasteiger partial charge >= 0.3 is 0 Å². The van der Waals surface area contributed by atoms with Crippen LogP contribution in [0, 0.1) is 12.7 Å². The highest BCUT2D eigenvalue weighted by molar-refractivity contribution is 5.74. The molecule has 0 bridgehead atoms. The third-order valence-electron chi connectivity index (χ3n) is 5.62. The second-order valence-electron chi connectivity index (χ2n) is 7.90. The zero-order valence-corrected chi connectivity index (χ0v) is 18.6. The lowest BCUT2D eigenvalue weighted by atomic mass is 9.94. The maximum atomic E-state index is 13.7. The van der Waals surface area contributed by atoms with Gasteiger partial charge in [-0.15, -0.1) is 0 Å². The molecule has 1 heterocycles. The molecule has 1 N–H and O–H groups in total. The van der Waals surface area contributed by atoms with Crippen LogP contribution in [-0.2, 0) is 19.4 Å². The van der Waals surface area contributed by atoms with Crippen molar-refractivity contribution in [3.8, 4) is 22.6 Å². The van der Waals surface area contributed by atoms with E-state index in [4.69, 9.17) is 4.74 Å². The standard InChI is InChI=1S/C27H25FN2O3/c1-18-26(23-11-3-4-12-25(23)31)24(14-13-19-7-5-9-21(28)15-19)27(32)30(29-18)17-20-8-6-10-22(16-20)33-2/h3-12,15-16,31H,13-14,17H2,1-2H3. The first-order valence-electron chi connectivity index (χ1n) is 10.7. The Labute approximate surface area is 191 Å². The van der Waals surface area contributed by atoms with Crippen molar-refractivity contribution >= 4 is 0 Å². The fourth-order valence-corrected chi connectivity index (χ4v) is 4.04. The summed E-state index contributed by atoms with van der Waals surface area (Å²) in [6, 6.07) is 20.8. The molecule has 0 aliphatic carbocycles. The molecule has 33 heavy (non-hydrogen) atoms. The number of hydrogen-bond acceptors (Lipinski definition) is 4. The third kappa shape index (κ3) is 4.95. The first-order valence-corrected chi connectivity index (χ1v) is 10.7. The summed E-state index contributed by atoms with van der Waals surface area (Å²) >= 11 is 0. The lowest BCUT2D eigenvalue weighted by molar-refractivity contribution is 0.414. The summed E-state index contributed by atoms with van der Waals surface area (Å²) in [7, 11) is 1.60. The van der Waals surface area contributed by atoms with Crippen LogP contribution in [0.5, 0.6) is 11.5 Å². The number of methoxy groups -OCH3 is 1. The van der Waals surface area contributed by atoms with Gasteiger partial charge in [0.25, 0.3) is 5.56 Å². The molecular weight excluding hydrogens is 419 g/mol. The van der Waals surface area contributed by atoms with Crippen molar-refractivity contribution in [1.82, 2.24) is 9.78 Å². The predicted octanol–water partition coefficient (Wildman–Crippen LogP) is 4.91. The summed E-state index contributed by atoms with van der Waals surface area (Å²) in [5.41, 5.74) is 3.79. The van der Waals surface area contributed by atoms with Crippen molar-refractivity contribution in [2.24, 2.45) is 0 Å². The number of hydrogen-bond donors (Lipinski definition) is 1. The topological polar surface area (TPSA) is 64.3 Å². The highest BCUT2D eigenvalue weighted by Gasteiger charge is 2.19. The summed E-state index contributed by atoms with van der Waals surface area (Å²) in [6.45, 7) is 2.11. The van der Waals surface area contributed by atoms with Crippen LogP contribution in [0.25, 0.3) is 11.1 Å². The number of rotatable bonds is 7. The van der Waals surface area contributed by atoms with Gasteiger partial charge in [-0.1, -0.05) is 42.5 Å². The second kappa shape index (κ2) is 9.69. The van der Waals surface area contributed by atoms with Crippen LogP contribution in [-0.4, -0.2) is 22.0 Å². The van der Waals surface area contributed by atoms with Crippen molar-refractivity contribution in [2.45, 2.75) is 26.3 Å². The van der Waals surface area contributed by atoms with Crippen LogP contribution in [0.4, 0.5) is 4.39 Å². The summed E-state index contributed by atoms with van der Waals surface area (Å²) in [5, 5.41) is 15.1. The molecule has 5 nitrogen and oxygen atoms in total. The SMILES string of the molecule is COc1cccc(Cn2nc(C)c(-c3ccccc3O)c(CCc3cccc(F)c3)c2=O)c1. The minimum absolute atomic E-state index is 0.0827. The van der Waals surface area contributed by atoms with Crippen LogP contribution >= 0.6 is 0 Å². The molecular formula is C27H25FN2O3. The number of para-hydroxylation sites is 1. The average molecular weight is 445 g/mol. The van der Waals surface area contributed by atoms with Crippen LogP contribution < -0.4 is 10.3 Å². The van der Waals surface area contributed by atoms with Gasteiger partial charge in [-0.2, -0.15) is 5.10 Å². The van der Waals surface area contributed by atoms with E-state index in [1.54, 1.807) is 31.4 Å². The Balaban J connectivity index is 1.80. The highest BCUT2D eigenvalue weighted by Crippen LogP contribution is 2.32. The molecule has 0 radical (unpaired) electrons. The van der Waals surface area contributed by atoms with Gasteiger partial charge in [0, 0.05) is 16.7 Å². The summed E-state index contributed by atoms with van der Waals surface area (Å²) < 4.78 is 20.4. The molecule has 0 amide bonds. The van der Waals surface area contributed by atoms with Crippen LogP contribution in [0.1, 0.15) is 22.4 Å². The molecule has 1 aromatic heterocycles. The number of phenols is 1. The Hall–Kier alpha value is -3.93. The molecule has 4 rings (SSSR count). The van der Waals surface area contributed by atoms with Crippen molar-refractivity contribution in [3.05, 3.63) is 111 Å². The number of nitrogens with zero attached hydrogens (tertiary/aromatic N) is 2. The van der Waals surface area contributed by atoms with Crippen molar-refractivity contribution in [3.63, 3.8) is 0 Å². The van der Waals surface area contributed by atoms with Gasteiger partial charge in [0.15, 0.2) is 0 Å². The van der Waals surface area contributed by atoms with Gasteiger partial charge < -0.3 is 9.84 Å². The van der Waals surface area contributed by atoms with E-state index in [-0.39, 0.29) is 23.7 Å². The minimum atomic E-state index is -0.310. The summed E-state index contributed by atoms with van der Waals surface area (Å²) in [4.78, 5) is 13.6. The maximum Gasteiger partial charge on any atom is 0.270 e. The molecule has 0 saturated heterocycles. The molecule has 4 aromatic rings. The number of aromatic nitrogens is 2. The van der Waals surface area contributed by atoms with E-state index in [1.165, 1.54) is 16.8 Å². The molecule has 0 spiro atoms. The lowest BCUT2D eigenvalue weighted by Gasteiger charge is -2.16. The Morgan fingerprint density at radius 3 is 2.48 bits per heavy atom. The van der Waals surface area contributed by atoms with E-state index >= 15 is 0 Å². The van der Waals surface area contributed by atoms with E-state index in [0.29, 0.717) is 41.0 Å². The van der Waals surface area contributed by atoms with E-state index in [2.05, 4.69) is 5.10 Å². The zero-order valence-electron chi connectivity index (χ0n) is 18.6. The van der Waals surface area contributed by atoms with E-state index in [1.807, 2.05) is 43.3 Å². The van der Waals surface area contributed by atoms with Gasteiger partial charge in [0.2, 0.25) is 0 Å². The molecule has 3 aromatic carbocycles. The number of benzene rings is 3. The first-order chi connectivity index (χ1) is 16.0. The van der Waals surface area contributed by atoms with Gasteiger partial charge in [0.05, 0.1) is 19.3 Å². The van der Waals surface area contributed by atoms with Crippen molar-refractivity contribution < 1.29 is 14.2 Å². The largest absolute Gasteiger partial charge is 0.507 e. The quantitative estimate of drug-likeness (QED) is 0.440. The Morgan fingerprint density at radius 2 is 1.73 bits per heavy atom. The lowest BCUT2D eigenvalue weighted by Crippen LogP contribution is -2.29. The average Bonchev–Trinajstić information content (AvgIpc) is 2.81. The fourth-order valence-electron chi connectivity index (χ4n) is 4.04. The van der Waals surface area contributed by atoms with Crippen molar-refractivity contribution in [2.75, 3.05) is 7.11 Å². The van der Waals surface area contributed by atoms with Gasteiger partial charge in [-0.3, -0.25) is 4.79 Å². The van der Waals surface area contributed by atoms with Crippen LogP contribution in [0.15, 0.2) is 77.6 Å². The Kier molecular flexibility index (Phi) is 6.54. The molecule has 0 aliphatic heterocycles. The maximum absolute atomic E-state index is 13.7. The molecule has 6 heteroatoms. The van der Waals surface area contributed by atoms with Gasteiger partial charge in [-0.25, -0.2) is 9.07 Å². The number of halogens is 1. The van der Waals surface area contributed by atoms with Gasteiger partial charge in [-0.05, 0) is 61.2 Å². The van der Waals surface area contributed by atoms with E-state index in [0.717, 1.165) is 11.1 Å². The van der Waals surface area contributed by atoms with Crippen molar-refractivity contribution in [1.29, 1.82) is 0 Å².